The predicted octanol–water partition coefficient (Wildman–Crippen LogP) is 4.76. The Morgan fingerprint density at radius 3 is 2.45 bits per heavy atom. The smallest absolute Gasteiger partial charge is 0.412 e. The molecule has 0 saturated carbocycles. The minimum absolute atomic E-state index is 0.0380. The van der Waals surface area contributed by atoms with E-state index in [2.05, 4.69) is 26.0 Å². The van der Waals surface area contributed by atoms with Gasteiger partial charge in [-0.1, -0.05) is 17.4 Å². The number of carbonyl (C=O) groups excluding carboxylic acids is 2. The minimum atomic E-state index is -4.48. The number of nitrogens with zero attached hydrogens (tertiary/aromatic N) is 4. The van der Waals surface area contributed by atoms with Crippen LogP contribution in [0.5, 0.6) is 0 Å². The molecule has 2 amide bonds. The van der Waals surface area contributed by atoms with Gasteiger partial charge in [0.25, 0.3) is 5.91 Å². The van der Waals surface area contributed by atoms with Crippen molar-refractivity contribution < 1.29 is 36.3 Å². The second-order valence-electron chi connectivity index (χ2n) is 9.87. The lowest BCUT2D eigenvalue weighted by Gasteiger charge is -2.36. The van der Waals surface area contributed by atoms with Gasteiger partial charge in [-0.15, -0.1) is 0 Å². The maximum absolute atomic E-state index is 14.5. The van der Waals surface area contributed by atoms with Gasteiger partial charge in [-0.25, -0.2) is 18.6 Å². The van der Waals surface area contributed by atoms with Crippen molar-refractivity contribution in [2.24, 2.45) is 7.05 Å². The number of aryl methyl sites for hydroxylation is 1. The van der Waals surface area contributed by atoms with Crippen LogP contribution in [0.4, 0.5) is 43.3 Å². The zero-order valence-electron chi connectivity index (χ0n) is 21.8. The van der Waals surface area contributed by atoms with Crippen LogP contribution in [0.1, 0.15) is 31.3 Å². The summed E-state index contributed by atoms with van der Waals surface area (Å²) in [6.07, 6.45) is -4.17. The summed E-state index contributed by atoms with van der Waals surface area (Å²) >= 11 is 0.646. The number of piperazine rings is 1. The Morgan fingerprint density at radius 2 is 1.82 bits per heavy atom. The van der Waals surface area contributed by atoms with Gasteiger partial charge in [0.05, 0.1) is 11.8 Å². The average Bonchev–Trinajstić information content (AvgIpc) is 3.40. The zero-order chi connectivity index (χ0) is 29.4. The van der Waals surface area contributed by atoms with Crippen LogP contribution in [0.25, 0.3) is 10.6 Å². The molecule has 4 rings (SSSR count). The van der Waals surface area contributed by atoms with Gasteiger partial charge in [0, 0.05) is 26.7 Å². The van der Waals surface area contributed by atoms with Crippen LogP contribution in [0, 0.1) is 11.6 Å². The van der Waals surface area contributed by atoms with Crippen LogP contribution in [-0.2, 0) is 11.8 Å². The highest BCUT2D eigenvalue weighted by Crippen LogP contribution is 2.36. The molecule has 10 nitrogen and oxygen atoms in total. The summed E-state index contributed by atoms with van der Waals surface area (Å²) in [5.41, 5.74) is -1.71. The number of alkyl halides is 3. The van der Waals surface area contributed by atoms with Gasteiger partial charge in [-0.05, 0) is 32.9 Å². The molecule has 1 aliphatic rings. The molecule has 0 aliphatic carbocycles. The molecule has 216 valence electrons. The molecule has 1 saturated heterocycles. The van der Waals surface area contributed by atoms with Crippen molar-refractivity contribution >= 4 is 39.8 Å². The van der Waals surface area contributed by atoms with Gasteiger partial charge in [0.15, 0.2) is 11.5 Å². The summed E-state index contributed by atoms with van der Waals surface area (Å²) in [5.74, 6) is -2.56. The summed E-state index contributed by atoms with van der Waals surface area (Å²) in [6.45, 7) is 4.68. The maximum atomic E-state index is 14.5. The van der Waals surface area contributed by atoms with E-state index in [9.17, 15) is 31.5 Å². The Bertz CT molecular complexity index is 1400. The number of halogens is 5. The first-order valence-corrected chi connectivity index (χ1v) is 12.8. The lowest BCUT2D eigenvalue weighted by molar-refractivity contribution is -0.155. The average molecular weight is 588 g/mol. The normalized spacial score (nSPS) is 16.1. The first kappa shape index (κ1) is 29.2. The number of rotatable bonds is 5. The van der Waals surface area contributed by atoms with Crippen molar-refractivity contribution in [3.05, 3.63) is 41.7 Å². The standard InChI is InChI=1S/C24H26F5N7O3S/c1-23(2,3)39-22(38)34-20-17(33-19(40-20)16-12(25)6-5-7-13(16)26)18(37)32-14-10-31-35(4)21(14)36-9-8-30-15(11-36)24(27,28)29/h5-7,10,15,30H,8-9,11H2,1-4H3,(H,32,37)(H,34,38)/t15-/m0/s1. The van der Waals surface area contributed by atoms with Crippen molar-refractivity contribution in [1.82, 2.24) is 20.1 Å². The summed E-state index contributed by atoms with van der Waals surface area (Å²) in [5, 5.41) is 11.0. The number of nitrogens with one attached hydrogen (secondary N) is 3. The van der Waals surface area contributed by atoms with Crippen molar-refractivity contribution in [2.45, 2.75) is 38.6 Å². The van der Waals surface area contributed by atoms with Gasteiger partial charge in [0.2, 0.25) is 0 Å². The van der Waals surface area contributed by atoms with Gasteiger partial charge in [-0.2, -0.15) is 18.3 Å². The molecule has 1 aliphatic heterocycles. The van der Waals surface area contributed by atoms with Crippen LogP contribution in [0.15, 0.2) is 24.4 Å². The molecule has 40 heavy (non-hydrogen) atoms. The van der Waals surface area contributed by atoms with Crippen LogP contribution in [0.2, 0.25) is 0 Å². The highest BCUT2D eigenvalue weighted by Gasteiger charge is 2.42. The van der Waals surface area contributed by atoms with Gasteiger partial charge in [0.1, 0.15) is 39.0 Å². The fourth-order valence-electron chi connectivity index (χ4n) is 4.00. The number of ether oxygens (including phenoxy) is 1. The lowest BCUT2D eigenvalue weighted by atomic mass is 10.2. The second kappa shape index (κ2) is 11.0. The molecule has 0 unspecified atom stereocenters. The summed E-state index contributed by atoms with van der Waals surface area (Å²) < 4.78 is 75.6. The van der Waals surface area contributed by atoms with E-state index in [0.717, 1.165) is 12.1 Å². The highest BCUT2D eigenvalue weighted by molar-refractivity contribution is 7.19. The summed E-state index contributed by atoms with van der Waals surface area (Å²) in [6, 6.07) is 1.41. The monoisotopic (exact) mass is 587 g/mol. The molecule has 0 bridgehead atoms. The van der Waals surface area contributed by atoms with Crippen molar-refractivity contribution in [3.63, 3.8) is 0 Å². The number of hydrogen-bond acceptors (Lipinski definition) is 8. The molecule has 1 fully saturated rings. The number of benzene rings is 1. The number of aromatic nitrogens is 3. The molecule has 1 aromatic carbocycles. The van der Waals surface area contributed by atoms with Crippen LogP contribution >= 0.6 is 11.3 Å². The number of thiazole rings is 1. The molecule has 0 spiro atoms. The quantitative estimate of drug-likeness (QED) is 0.369. The molecule has 2 aromatic heterocycles. The minimum Gasteiger partial charge on any atom is -0.444 e. The molecule has 1 atom stereocenters. The SMILES string of the molecule is Cn1ncc(NC(=O)c2nc(-c3c(F)cccc3F)sc2NC(=O)OC(C)(C)C)c1N1CCN[C@H](C(F)(F)F)C1. The molecular formula is C24H26F5N7O3S. The maximum Gasteiger partial charge on any atom is 0.412 e. The Morgan fingerprint density at radius 1 is 1.15 bits per heavy atom. The second-order valence-corrected chi connectivity index (χ2v) is 10.9. The largest absolute Gasteiger partial charge is 0.444 e. The molecule has 16 heteroatoms. The van der Waals surface area contributed by atoms with E-state index < -0.39 is 59.3 Å². The Kier molecular flexibility index (Phi) is 8.03. The van der Waals surface area contributed by atoms with Crippen molar-refractivity contribution in [1.29, 1.82) is 0 Å². The van der Waals surface area contributed by atoms with E-state index in [1.54, 1.807) is 20.8 Å². The van der Waals surface area contributed by atoms with Crippen LogP contribution < -0.4 is 20.9 Å². The summed E-state index contributed by atoms with van der Waals surface area (Å²) in [4.78, 5) is 31.4. The van der Waals surface area contributed by atoms with Gasteiger partial charge < -0.3 is 20.3 Å². The molecule has 0 radical (unpaired) electrons. The van der Waals surface area contributed by atoms with E-state index in [1.807, 2.05) is 0 Å². The summed E-state index contributed by atoms with van der Waals surface area (Å²) in [7, 11) is 1.51. The number of carbonyl (C=O) groups is 2. The number of hydrogen-bond donors (Lipinski definition) is 3. The molecule has 3 heterocycles. The number of anilines is 3. The van der Waals surface area contributed by atoms with E-state index >= 15 is 0 Å². The first-order chi connectivity index (χ1) is 18.6. The zero-order valence-corrected chi connectivity index (χ0v) is 22.6. The number of amides is 2. The van der Waals surface area contributed by atoms with E-state index in [0.29, 0.717) is 11.3 Å². The van der Waals surface area contributed by atoms with Crippen LogP contribution in [0.3, 0.4) is 0 Å². The third kappa shape index (κ3) is 6.50. The lowest BCUT2D eigenvalue weighted by Crippen LogP contribution is -2.57. The Balaban J connectivity index is 1.67. The molecule has 3 aromatic rings. The topological polar surface area (TPSA) is 113 Å². The predicted molar refractivity (Wildman–Crippen MR) is 139 cm³/mol. The van der Waals surface area contributed by atoms with E-state index in [4.69, 9.17) is 4.74 Å². The fourth-order valence-corrected chi connectivity index (χ4v) is 5.00. The van der Waals surface area contributed by atoms with Gasteiger partial charge >= 0.3 is 12.3 Å². The van der Waals surface area contributed by atoms with E-state index in [-0.39, 0.29) is 34.6 Å². The van der Waals surface area contributed by atoms with E-state index in [1.165, 1.54) is 28.9 Å². The Labute approximate surface area is 229 Å². The first-order valence-electron chi connectivity index (χ1n) is 12.0. The fraction of sp³-hybridized carbons (Fsp3) is 0.417. The van der Waals surface area contributed by atoms with Crippen LogP contribution in [-0.4, -0.2) is 64.2 Å². The third-order valence-corrected chi connectivity index (χ3v) is 6.65. The molecule has 3 N–H and O–H groups in total. The molecular weight excluding hydrogens is 561 g/mol. The van der Waals surface area contributed by atoms with Crippen molar-refractivity contribution in [2.75, 3.05) is 35.2 Å². The highest BCUT2D eigenvalue weighted by atomic mass is 32.1. The Hall–Kier alpha value is -3.79. The van der Waals surface area contributed by atoms with Gasteiger partial charge in [-0.3, -0.25) is 14.8 Å². The van der Waals surface area contributed by atoms with Crippen molar-refractivity contribution in [3.8, 4) is 10.6 Å². The third-order valence-electron chi connectivity index (χ3n) is 5.66.